The number of aromatic nitrogens is 1. The van der Waals surface area contributed by atoms with Crippen LogP contribution in [0, 0.1) is 11.3 Å². The van der Waals surface area contributed by atoms with Crippen molar-refractivity contribution in [2.45, 2.75) is 26.4 Å². The number of nitriles is 1. The van der Waals surface area contributed by atoms with Gasteiger partial charge < -0.3 is 10.2 Å². The second-order valence-corrected chi connectivity index (χ2v) is 6.72. The summed E-state index contributed by atoms with van der Waals surface area (Å²) in [4.78, 5) is 19.2. The van der Waals surface area contributed by atoms with Crippen LogP contribution >= 0.6 is 0 Å². The molecule has 0 aliphatic carbocycles. The number of nitrogens with one attached hydrogen (secondary N) is 1. The van der Waals surface area contributed by atoms with Crippen molar-refractivity contribution in [3.63, 3.8) is 0 Å². The molecule has 3 aromatic rings. The molecule has 0 unspecified atom stereocenters. The molecule has 1 amide bonds. The Hall–Kier alpha value is -3.65. The Kier molecular flexibility index (Phi) is 6.03. The van der Waals surface area contributed by atoms with E-state index in [0.29, 0.717) is 29.2 Å². The molecule has 5 nitrogen and oxygen atoms in total. The van der Waals surface area contributed by atoms with Gasteiger partial charge in [0.15, 0.2) is 0 Å². The lowest BCUT2D eigenvalue weighted by Crippen LogP contribution is -2.36. The van der Waals surface area contributed by atoms with Crippen LogP contribution in [0.15, 0.2) is 72.9 Å². The molecule has 1 aromatic heterocycles. The highest BCUT2D eigenvalue weighted by Gasteiger charge is 2.20. The van der Waals surface area contributed by atoms with Gasteiger partial charge in [0.05, 0.1) is 11.3 Å². The third-order valence-corrected chi connectivity index (χ3v) is 4.39. The molecule has 1 heterocycles. The van der Waals surface area contributed by atoms with Crippen LogP contribution in [0.2, 0.25) is 0 Å². The highest BCUT2D eigenvalue weighted by atomic mass is 16.2. The van der Waals surface area contributed by atoms with Gasteiger partial charge in [-0.2, -0.15) is 5.26 Å². The van der Waals surface area contributed by atoms with Gasteiger partial charge in [-0.3, -0.25) is 9.78 Å². The molecule has 0 saturated carbocycles. The number of carbonyl (C=O) groups excluding carboxylic acids is 1. The first-order valence-corrected chi connectivity index (χ1v) is 9.15. The molecule has 0 atom stereocenters. The number of hydrogen-bond donors (Lipinski definition) is 1. The second-order valence-electron chi connectivity index (χ2n) is 6.72. The minimum Gasteiger partial charge on any atom is -0.354 e. The van der Waals surface area contributed by atoms with Crippen LogP contribution in [-0.2, 0) is 6.54 Å². The molecule has 0 fully saturated rings. The van der Waals surface area contributed by atoms with Crippen LogP contribution in [-0.4, -0.2) is 21.8 Å². The van der Waals surface area contributed by atoms with Crippen molar-refractivity contribution in [2.24, 2.45) is 0 Å². The Morgan fingerprint density at radius 2 is 1.82 bits per heavy atom. The number of nitrogens with zero attached hydrogens (tertiary/aromatic N) is 3. The lowest BCUT2D eigenvalue weighted by molar-refractivity contribution is 0.0684. The van der Waals surface area contributed by atoms with E-state index in [1.165, 1.54) is 0 Å². The summed E-state index contributed by atoms with van der Waals surface area (Å²) in [7, 11) is 0. The number of benzene rings is 2. The van der Waals surface area contributed by atoms with Crippen LogP contribution in [0.4, 0.5) is 11.4 Å². The summed E-state index contributed by atoms with van der Waals surface area (Å²) in [5.41, 5.74) is 3.38. The number of carbonyl (C=O) groups is 1. The maximum atomic E-state index is 13.1. The number of amides is 1. The van der Waals surface area contributed by atoms with Crippen molar-refractivity contribution in [2.75, 3.05) is 5.32 Å². The average molecular weight is 370 g/mol. The maximum Gasteiger partial charge on any atom is 0.273 e. The quantitative estimate of drug-likeness (QED) is 0.680. The zero-order valence-electron chi connectivity index (χ0n) is 16.0. The highest BCUT2D eigenvalue weighted by molar-refractivity contribution is 5.93. The number of hydrogen-bond acceptors (Lipinski definition) is 4. The number of rotatable bonds is 6. The highest BCUT2D eigenvalue weighted by Crippen LogP contribution is 2.21. The standard InChI is InChI=1S/C23H22N4O/c1-17(2)27(16-18-8-4-3-5-9-18)23(28)22-14-20(12-13-25-22)26-21-11-7-6-10-19(21)15-24/h3-14,17H,16H2,1-2H3,(H,25,26). The molecule has 0 spiro atoms. The van der Waals surface area contributed by atoms with Crippen molar-refractivity contribution < 1.29 is 4.79 Å². The van der Waals surface area contributed by atoms with Crippen LogP contribution < -0.4 is 5.32 Å². The van der Waals surface area contributed by atoms with Gasteiger partial charge in [-0.05, 0) is 43.7 Å². The predicted molar refractivity (Wildman–Crippen MR) is 110 cm³/mol. The normalized spacial score (nSPS) is 10.4. The minimum atomic E-state index is -0.129. The average Bonchev–Trinajstić information content (AvgIpc) is 2.72. The Balaban J connectivity index is 1.83. The SMILES string of the molecule is CC(C)N(Cc1ccccc1)C(=O)c1cc(Nc2ccccc2C#N)ccn1. The largest absolute Gasteiger partial charge is 0.354 e. The maximum absolute atomic E-state index is 13.1. The van der Waals surface area contributed by atoms with E-state index in [4.69, 9.17) is 0 Å². The molecule has 0 aliphatic rings. The van der Waals surface area contributed by atoms with E-state index in [1.54, 1.807) is 29.3 Å². The molecule has 0 saturated heterocycles. The van der Waals surface area contributed by atoms with E-state index < -0.39 is 0 Å². The van der Waals surface area contributed by atoms with E-state index in [9.17, 15) is 10.1 Å². The van der Waals surface area contributed by atoms with Gasteiger partial charge in [0.1, 0.15) is 11.8 Å². The summed E-state index contributed by atoms with van der Waals surface area (Å²) < 4.78 is 0. The van der Waals surface area contributed by atoms with Gasteiger partial charge in [0.25, 0.3) is 5.91 Å². The molecular weight excluding hydrogens is 348 g/mol. The third-order valence-electron chi connectivity index (χ3n) is 4.39. The number of para-hydroxylation sites is 1. The zero-order valence-corrected chi connectivity index (χ0v) is 16.0. The van der Waals surface area contributed by atoms with Crippen molar-refractivity contribution in [1.82, 2.24) is 9.88 Å². The van der Waals surface area contributed by atoms with Gasteiger partial charge in [0, 0.05) is 24.5 Å². The van der Waals surface area contributed by atoms with Crippen LogP contribution in [0.1, 0.15) is 35.5 Å². The summed E-state index contributed by atoms with van der Waals surface area (Å²) in [6.45, 7) is 4.51. The van der Waals surface area contributed by atoms with Gasteiger partial charge in [-0.15, -0.1) is 0 Å². The van der Waals surface area contributed by atoms with E-state index >= 15 is 0 Å². The lowest BCUT2D eigenvalue weighted by atomic mass is 10.1. The topological polar surface area (TPSA) is 69.0 Å². The minimum absolute atomic E-state index is 0.0328. The number of pyridine rings is 1. The number of anilines is 2. The molecule has 2 aromatic carbocycles. The Labute approximate surface area is 165 Å². The summed E-state index contributed by atoms with van der Waals surface area (Å²) in [5, 5.41) is 12.5. The molecule has 0 radical (unpaired) electrons. The fourth-order valence-corrected chi connectivity index (χ4v) is 2.89. The molecule has 0 aliphatic heterocycles. The van der Waals surface area contributed by atoms with Crippen LogP contribution in [0.25, 0.3) is 0 Å². The molecule has 0 bridgehead atoms. The van der Waals surface area contributed by atoms with Crippen molar-refractivity contribution in [3.8, 4) is 6.07 Å². The van der Waals surface area contributed by atoms with Gasteiger partial charge in [-0.1, -0.05) is 42.5 Å². The van der Waals surface area contributed by atoms with E-state index in [2.05, 4.69) is 16.4 Å². The molecule has 3 rings (SSSR count). The van der Waals surface area contributed by atoms with Crippen LogP contribution in [0.3, 0.4) is 0 Å². The molecular formula is C23H22N4O. The molecule has 1 N–H and O–H groups in total. The lowest BCUT2D eigenvalue weighted by Gasteiger charge is -2.26. The fourth-order valence-electron chi connectivity index (χ4n) is 2.89. The predicted octanol–water partition coefficient (Wildman–Crippen LogP) is 4.75. The van der Waals surface area contributed by atoms with E-state index in [-0.39, 0.29) is 11.9 Å². The zero-order chi connectivity index (χ0) is 19.9. The third kappa shape index (κ3) is 4.54. The van der Waals surface area contributed by atoms with Gasteiger partial charge in [-0.25, -0.2) is 0 Å². The van der Waals surface area contributed by atoms with Gasteiger partial charge >= 0.3 is 0 Å². The summed E-state index contributed by atoms with van der Waals surface area (Å²) in [6, 6.07) is 22.8. The summed E-state index contributed by atoms with van der Waals surface area (Å²) in [6.07, 6.45) is 1.60. The van der Waals surface area contributed by atoms with Gasteiger partial charge in [0.2, 0.25) is 0 Å². The van der Waals surface area contributed by atoms with Crippen molar-refractivity contribution in [1.29, 1.82) is 5.26 Å². The second kappa shape index (κ2) is 8.83. The summed E-state index contributed by atoms with van der Waals surface area (Å²) >= 11 is 0. The Bertz CT molecular complexity index is 993. The van der Waals surface area contributed by atoms with Crippen LogP contribution in [0.5, 0.6) is 0 Å². The Morgan fingerprint density at radius 3 is 2.54 bits per heavy atom. The first kappa shape index (κ1) is 19.1. The summed E-state index contributed by atoms with van der Waals surface area (Å²) in [5.74, 6) is -0.129. The smallest absolute Gasteiger partial charge is 0.273 e. The molecule has 140 valence electrons. The molecule has 28 heavy (non-hydrogen) atoms. The Morgan fingerprint density at radius 1 is 1.11 bits per heavy atom. The fraction of sp³-hybridized carbons (Fsp3) is 0.174. The van der Waals surface area contributed by atoms with Crippen molar-refractivity contribution in [3.05, 3.63) is 89.7 Å². The first-order chi connectivity index (χ1) is 13.6. The first-order valence-electron chi connectivity index (χ1n) is 9.15. The monoisotopic (exact) mass is 370 g/mol. The van der Waals surface area contributed by atoms with Crippen molar-refractivity contribution >= 4 is 17.3 Å². The van der Waals surface area contributed by atoms with E-state index in [0.717, 1.165) is 5.56 Å². The van der Waals surface area contributed by atoms with E-state index in [1.807, 2.05) is 62.4 Å². The molecule has 5 heteroatoms.